The van der Waals surface area contributed by atoms with Crippen molar-refractivity contribution in [1.29, 1.82) is 0 Å². The predicted molar refractivity (Wildman–Crippen MR) is 70.7 cm³/mol. The van der Waals surface area contributed by atoms with Gasteiger partial charge in [0, 0.05) is 25.6 Å². The number of β-amino-alcohol motifs (C(OH)–C–C–N with tert-alkyl or cyclic N) is 1. The molecule has 0 aromatic rings. The Morgan fingerprint density at radius 1 is 1.50 bits per heavy atom. The molecule has 106 valence electrons. The van der Waals surface area contributed by atoms with Crippen LogP contribution in [-0.4, -0.2) is 66.7 Å². The number of aliphatic hydroxyl groups excluding tert-OH is 1. The molecule has 1 amide bonds. The number of aliphatic hydroxyl groups is 1. The molecule has 2 atom stereocenters. The van der Waals surface area contributed by atoms with Gasteiger partial charge in [0.1, 0.15) is 0 Å². The number of nitrogens with two attached hydrogens (primary N) is 1. The molecule has 6 heteroatoms. The third kappa shape index (κ3) is 5.30. The van der Waals surface area contributed by atoms with Gasteiger partial charge in [-0.25, -0.2) is 5.84 Å². The summed E-state index contributed by atoms with van der Waals surface area (Å²) >= 11 is 0. The second-order valence-corrected chi connectivity index (χ2v) is 5.33. The predicted octanol–water partition coefficient (Wildman–Crippen LogP) is -0.857. The highest BCUT2D eigenvalue weighted by Crippen LogP contribution is 2.19. The average molecular weight is 258 g/mol. The second kappa shape index (κ2) is 7.68. The minimum atomic E-state index is -0.206. The number of likely N-dealkylation sites (tertiary alicyclic amines) is 1. The monoisotopic (exact) mass is 258 g/mol. The molecule has 0 radical (unpaired) electrons. The zero-order chi connectivity index (χ0) is 13.5. The van der Waals surface area contributed by atoms with Gasteiger partial charge in [0.25, 0.3) is 0 Å². The topological polar surface area (TPSA) is 81.8 Å². The molecular formula is C12H26N4O2. The maximum Gasteiger partial charge on any atom is 0.233 e. The highest BCUT2D eigenvalue weighted by atomic mass is 16.3. The number of hydrazine groups is 1. The normalized spacial score (nSPS) is 24.7. The Kier molecular flexibility index (Phi) is 6.56. The molecule has 0 aromatic heterocycles. The summed E-state index contributed by atoms with van der Waals surface area (Å²) in [5.74, 6) is 4.91. The number of nitrogens with one attached hydrogen (secondary N) is 1. The van der Waals surface area contributed by atoms with Crippen molar-refractivity contribution in [2.75, 3.05) is 33.7 Å². The Labute approximate surface area is 109 Å². The molecule has 1 fully saturated rings. The van der Waals surface area contributed by atoms with Gasteiger partial charge >= 0.3 is 0 Å². The Morgan fingerprint density at radius 2 is 2.22 bits per heavy atom. The van der Waals surface area contributed by atoms with Crippen LogP contribution in [0.2, 0.25) is 0 Å². The van der Waals surface area contributed by atoms with Crippen LogP contribution in [0.25, 0.3) is 0 Å². The average Bonchev–Trinajstić information content (AvgIpc) is 2.63. The zero-order valence-corrected chi connectivity index (χ0v) is 11.4. The van der Waals surface area contributed by atoms with Crippen molar-refractivity contribution in [3.05, 3.63) is 0 Å². The van der Waals surface area contributed by atoms with E-state index in [0.29, 0.717) is 12.5 Å². The number of nitrogens with zero attached hydrogens (tertiary/aromatic N) is 2. The summed E-state index contributed by atoms with van der Waals surface area (Å²) in [5, 5.41) is 9.72. The number of hydrogen-bond donors (Lipinski definition) is 3. The number of carbonyl (C=O) groups is 1. The van der Waals surface area contributed by atoms with Crippen molar-refractivity contribution in [2.24, 2.45) is 5.84 Å². The van der Waals surface area contributed by atoms with Crippen LogP contribution in [0.15, 0.2) is 0 Å². The smallest absolute Gasteiger partial charge is 0.233 e. The number of likely N-dealkylation sites (N-methyl/N-ethyl adjacent to an activating group) is 1. The molecule has 1 heterocycles. The van der Waals surface area contributed by atoms with Crippen LogP contribution in [0.4, 0.5) is 0 Å². The standard InChI is InChI=1S/C12H26N4O2/c1-15(2)8-10-7-11(17)9-16(10)6-4-3-5-12(18)14-13/h10-11,17H,3-9,13H2,1-2H3,(H,14,18). The molecule has 1 saturated heterocycles. The second-order valence-electron chi connectivity index (χ2n) is 5.33. The van der Waals surface area contributed by atoms with Gasteiger partial charge in [-0.05, 0) is 39.9 Å². The summed E-state index contributed by atoms with van der Waals surface area (Å²) in [6, 6.07) is 0.429. The maximum atomic E-state index is 11.0. The summed E-state index contributed by atoms with van der Waals surface area (Å²) < 4.78 is 0. The molecular weight excluding hydrogens is 232 g/mol. The van der Waals surface area contributed by atoms with Gasteiger partial charge in [0.05, 0.1) is 6.10 Å². The molecule has 0 bridgehead atoms. The Morgan fingerprint density at radius 3 is 2.83 bits per heavy atom. The Bertz CT molecular complexity index is 260. The molecule has 6 nitrogen and oxygen atoms in total. The van der Waals surface area contributed by atoms with E-state index in [4.69, 9.17) is 5.84 Å². The van der Waals surface area contributed by atoms with E-state index in [1.165, 1.54) is 0 Å². The molecule has 0 saturated carbocycles. The van der Waals surface area contributed by atoms with Gasteiger partial charge in [-0.3, -0.25) is 15.1 Å². The Balaban J connectivity index is 2.24. The molecule has 0 aliphatic carbocycles. The quantitative estimate of drug-likeness (QED) is 0.240. The lowest BCUT2D eigenvalue weighted by Crippen LogP contribution is -2.38. The fourth-order valence-corrected chi connectivity index (χ4v) is 2.52. The molecule has 1 aliphatic rings. The lowest BCUT2D eigenvalue weighted by Gasteiger charge is -2.26. The molecule has 18 heavy (non-hydrogen) atoms. The van der Waals surface area contributed by atoms with Gasteiger partial charge < -0.3 is 10.0 Å². The summed E-state index contributed by atoms with van der Waals surface area (Å²) in [6.07, 6.45) is 2.92. The molecule has 0 spiro atoms. The lowest BCUT2D eigenvalue weighted by atomic mass is 10.2. The van der Waals surface area contributed by atoms with E-state index in [-0.39, 0.29) is 12.0 Å². The van der Waals surface area contributed by atoms with Crippen molar-refractivity contribution < 1.29 is 9.90 Å². The highest BCUT2D eigenvalue weighted by Gasteiger charge is 2.30. The number of carbonyl (C=O) groups excluding carboxylic acids is 1. The maximum absolute atomic E-state index is 11.0. The van der Waals surface area contributed by atoms with Crippen molar-refractivity contribution in [2.45, 2.75) is 37.8 Å². The van der Waals surface area contributed by atoms with Crippen molar-refractivity contribution in [3.8, 4) is 0 Å². The van der Waals surface area contributed by atoms with Gasteiger partial charge in [0.2, 0.25) is 5.91 Å². The van der Waals surface area contributed by atoms with Crippen molar-refractivity contribution >= 4 is 5.91 Å². The van der Waals surface area contributed by atoms with Gasteiger partial charge in [-0.15, -0.1) is 0 Å². The molecule has 0 aromatic carbocycles. The van der Waals surface area contributed by atoms with Crippen LogP contribution in [0, 0.1) is 0 Å². The summed E-state index contributed by atoms with van der Waals surface area (Å²) in [6.45, 7) is 2.66. The lowest BCUT2D eigenvalue weighted by molar-refractivity contribution is -0.121. The molecule has 1 aliphatic heterocycles. The summed E-state index contributed by atoms with van der Waals surface area (Å²) in [7, 11) is 4.10. The summed E-state index contributed by atoms with van der Waals surface area (Å²) in [5.41, 5.74) is 2.14. The first-order valence-corrected chi connectivity index (χ1v) is 6.59. The van der Waals surface area contributed by atoms with E-state index < -0.39 is 0 Å². The van der Waals surface area contributed by atoms with Crippen LogP contribution in [-0.2, 0) is 4.79 Å². The van der Waals surface area contributed by atoms with Gasteiger partial charge in [0.15, 0.2) is 0 Å². The molecule has 2 unspecified atom stereocenters. The van der Waals surface area contributed by atoms with E-state index >= 15 is 0 Å². The van der Waals surface area contributed by atoms with Crippen LogP contribution < -0.4 is 11.3 Å². The minimum absolute atomic E-state index is 0.110. The number of amides is 1. The summed E-state index contributed by atoms with van der Waals surface area (Å²) in [4.78, 5) is 15.4. The zero-order valence-electron chi connectivity index (χ0n) is 11.4. The van der Waals surface area contributed by atoms with Crippen molar-refractivity contribution in [3.63, 3.8) is 0 Å². The largest absolute Gasteiger partial charge is 0.392 e. The van der Waals surface area contributed by atoms with Gasteiger partial charge in [-0.2, -0.15) is 0 Å². The van der Waals surface area contributed by atoms with E-state index in [9.17, 15) is 9.90 Å². The first-order valence-electron chi connectivity index (χ1n) is 6.59. The molecule has 1 rings (SSSR count). The van der Waals surface area contributed by atoms with Crippen molar-refractivity contribution in [1.82, 2.24) is 15.2 Å². The fourth-order valence-electron chi connectivity index (χ4n) is 2.52. The number of unbranched alkanes of at least 4 members (excludes halogenated alkanes) is 1. The highest BCUT2D eigenvalue weighted by molar-refractivity contribution is 5.75. The van der Waals surface area contributed by atoms with Crippen LogP contribution in [0.3, 0.4) is 0 Å². The number of hydrogen-bond acceptors (Lipinski definition) is 5. The van der Waals surface area contributed by atoms with E-state index in [1.807, 2.05) is 0 Å². The van der Waals surface area contributed by atoms with Gasteiger partial charge in [-0.1, -0.05) is 0 Å². The van der Waals surface area contributed by atoms with E-state index in [2.05, 4.69) is 29.3 Å². The third-order valence-electron chi connectivity index (χ3n) is 3.34. The fraction of sp³-hybridized carbons (Fsp3) is 0.917. The SMILES string of the molecule is CN(C)CC1CC(O)CN1CCCCC(=O)NN. The third-order valence-corrected chi connectivity index (χ3v) is 3.34. The first kappa shape index (κ1) is 15.4. The van der Waals surface area contributed by atoms with E-state index in [1.54, 1.807) is 0 Å². The minimum Gasteiger partial charge on any atom is -0.392 e. The van der Waals surface area contributed by atoms with Crippen LogP contribution in [0.5, 0.6) is 0 Å². The van der Waals surface area contributed by atoms with E-state index in [0.717, 1.165) is 38.9 Å². The van der Waals surface area contributed by atoms with Crippen LogP contribution >= 0.6 is 0 Å². The first-order chi connectivity index (χ1) is 8.52. The van der Waals surface area contributed by atoms with Crippen LogP contribution in [0.1, 0.15) is 25.7 Å². The number of rotatable bonds is 7. The Hall–Kier alpha value is -0.690. The molecule has 4 N–H and O–H groups in total.